The number of carbonyl (C=O) groups is 3. The fourth-order valence-electron chi connectivity index (χ4n) is 3.82. The van der Waals surface area contributed by atoms with E-state index >= 15 is 0 Å². The molecule has 0 aromatic heterocycles. The summed E-state index contributed by atoms with van der Waals surface area (Å²) in [6, 6.07) is 29.2. The average molecular weight is 615 g/mol. The second-order valence-corrected chi connectivity index (χ2v) is 11.0. The third kappa shape index (κ3) is 8.43. The minimum absolute atomic E-state index is 0.0991. The van der Waals surface area contributed by atoms with Crippen LogP contribution in [0.1, 0.15) is 27.0 Å². The lowest BCUT2D eigenvalue weighted by atomic mass is 10.1. The molecule has 0 atom stereocenters. The Bertz CT molecular complexity index is 1550. The lowest BCUT2D eigenvalue weighted by molar-refractivity contribution is -0.114. The minimum Gasteiger partial charge on any atom is -0.325 e. The summed E-state index contributed by atoms with van der Waals surface area (Å²) >= 11 is 4.78. The summed E-state index contributed by atoms with van der Waals surface area (Å²) in [7, 11) is 0. The van der Waals surface area contributed by atoms with Gasteiger partial charge in [-0.1, -0.05) is 70.0 Å². The minimum atomic E-state index is -0.470. The summed E-state index contributed by atoms with van der Waals surface area (Å²) in [5, 5.41) is 8.56. The first-order valence-electron chi connectivity index (χ1n) is 12.5. The molecule has 0 fully saturated rings. The van der Waals surface area contributed by atoms with E-state index in [0.29, 0.717) is 11.3 Å². The number of rotatable bonds is 9. The number of benzene rings is 4. The fourth-order valence-corrected chi connectivity index (χ4v) is 4.84. The number of nitrogens with one attached hydrogen (secondary N) is 3. The maximum Gasteiger partial charge on any atom is 0.272 e. The molecule has 4 aromatic carbocycles. The van der Waals surface area contributed by atoms with E-state index in [1.54, 1.807) is 48.5 Å². The molecule has 8 heteroatoms. The molecule has 0 bridgehead atoms. The van der Waals surface area contributed by atoms with Crippen LogP contribution in [-0.2, 0) is 9.59 Å². The number of amides is 3. The normalized spacial score (nSPS) is 11.0. The van der Waals surface area contributed by atoms with Crippen molar-refractivity contribution in [2.45, 2.75) is 18.7 Å². The van der Waals surface area contributed by atoms with Crippen molar-refractivity contribution >= 4 is 62.9 Å². The highest BCUT2D eigenvalue weighted by Crippen LogP contribution is 2.23. The van der Waals surface area contributed by atoms with Crippen molar-refractivity contribution < 1.29 is 14.4 Å². The zero-order chi connectivity index (χ0) is 28.5. The van der Waals surface area contributed by atoms with Crippen molar-refractivity contribution in [2.75, 3.05) is 16.4 Å². The SMILES string of the molecule is Cc1ccc(NC(=O)CSc2cccc(NC(=O)/C(=C\c3ccc(Br)cc3)NC(=O)c3ccccc3)c2)c(C)c1. The maximum atomic E-state index is 13.3. The summed E-state index contributed by atoms with van der Waals surface area (Å²) in [5.41, 5.74) is 4.77. The maximum absolute atomic E-state index is 13.3. The molecule has 0 radical (unpaired) electrons. The van der Waals surface area contributed by atoms with Crippen molar-refractivity contribution in [3.05, 3.63) is 129 Å². The van der Waals surface area contributed by atoms with E-state index in [0.717, 1.165) is 31.7 Å². The van der Waals surface area contributed by atoms with Gasteiger partial charge in [-0.2, -0.15) is 0 Å². The largest absolute Gasteiger partial charge is 0.325 e. The molecule has 0 aliphatic carbocycles. The van der Waals surface area contributed by atoms with E-state index in [4.69, 9.17) is 0 Å². The van der Waals surface area contributed by atoms with Gasteiger partial charge in [0.1, 0.15) is 5.70 Å². The van der Waals surface area contributed by atoms with Crippen LogP contribution >= 0.6 is 27.7 Å². The molecule has 3 amide bonds. The van der Waals surface area contributed by atoms with Gasteiger partial charge >= 0.3 is 0 Å². The first-order chi connectivity index (χ1) is 19.3. The molecule has 0 saturated carbocycles. The van der Waals surface area contributed by atoms with Crippen LogP contribution in [0, 0.1) is 13.8 Å². The van der Waals surface area contributed by atoms with E-state index in [2.05, 4.69) is 31.9 Å². The molecule has 40 heavy (non-hydrogen) atoms. The van der Waals surface area contributed by atoms with Crippen molar-refractivity contribution in [1.82, 2.24) is 5.32 Å². The highest BCUT2D eigenvalue weighted by molar-refractivity contribution is 9.10. The zero-order valence-electron chi connectivity index (χ0n) is 22.0. The average Bonchev–Trinajstić information content (AvgIpc) is 2.95. The Kier molecular flexibility index (Phi) is 9.94. The molecule has 4 rings (SSSR count). The van der Waals surface area contributed by atoms with Gasteiger partial charge in [0.2, 0.25) is 5.91 Å². The molecule has 0 heterocycles. The first kappa shape index (κ1) is 28.9. The van der Waals surface area contributed by atoms with Crippen molar-refractivity contribution in [3.63, 3.8) is 0 Å². The molecule has 6 nitrogen and oxygen atoms in total. The molecule has 0 aliphatic heterocycles. The van der Waals surface area contributed by atoms with Crippen LogP contribution in [-0.4, -0.2) is 23.5 Å². The van der Waals surface area contributed by atoms with Crippen molar-refractivity contribution in [2.24, 2.45) is 0 Å². The standard InChI is InChI=1S/C32H28BrN3O3S/c1-21-11-16-28(22(2)17-21)35-30(37)20-40-27-10-6-9-26(19-27)34-32(39)29(18-23-12-14-25(33)15-13-23)36-31(38)24-7-4-3-5-8-24/h3-19H,20H2,1-2H3,(H,34,39)(H,35,37)(H,36,38)/b29-18+. The fraction of sp³-hybridized carbons (Fsp3) is 0.0938. The van der Waals surface area contributed by atoms with E-state index in [1.807, 2.05) is 68.4 Å². The Labute approximate surface area is 246 Å². The molecule has 0 unspecified atom stereocenters. The topological polar surface area (TPSA) is 87.3 Å². The summed E-state index contributed by atoms with van der Waals surface area (Å²) in [6.07, 6.45) is 1.62. The van der Waals surface area contributed by atoms with E-state index in [9.17, 15) is 14.4 Å². The van der Waals surface area contributed by atoms with Crippen molar-refractivity contribution in [3.8, 4) is 0 Å². The smallest absolute Gasteiger partial charge is 0.272 e. The number of carbonyl (C=O) groups excluding carboxylic acids is 3. The van der Waals surface area contributed by atoms with Gasteiger partial charge in [0.15, 0.2) is 0 Å². The predicted molar refractivity (Wildman–Crippen MR) is 166 cm³/mol. The quantitative estimate of drug-likeness (QED) is 0.137. The Morgan fingerprint density at radius 2 is 1.57 bits per heavy atom. The van der Waals surface area contributed by atoms with Crippen LogP contribution in [0.5, 0.6) is 0 Å². The van der Waals surface area contributed by atoms with E-state index in [1.165, 1.54) is 11.8 Å². The molecule has 0 spiro atoms. The summed E-state index contributed by atoms with van der Waals surface area (Å²) < 4.78 is 0.904. The summed E-state index contributed by atoms with van der Waals surface area (Å²) in [5.74, 6) is -0.762. The molecular formula is C32H28BrN3O3S. The van der Waals surface area contributed by atoms with E-state index < -0.39 is 11.8 Å². The molecule has 4 aromatic rings. The third-order valence-corrected chi connectivity index (χ3v) is 7.35. The van der Waals surface area contributed by atoms with Gasteiger partial charge < -0.3 is 16.0 Å². The molecule has 202 valence electrons. The van der Waals surface area contributed by atoms with Gasteiger partial charge in [-0.3, -0.25) is 14.4 Å². The highest BCUT2D eigenvalue weighted by atomic mass is 79.9. The summed E-state index contributed by atoms with van der Waals surface area (Å²) in [6.45, 7) is 3.97. The number of hydrogen-bond acceptors (Lipinski definition) is 4. The van der Waals surface area contributed by atoms with Gasteiger partial charge in [0.05, 0.1) is 5.75 Å². The van der Waals surface area contributed by atoms with Crippen LogP contribution < -0.4 is 16.0 Å². The number of thioether (sulfide) groups is 1. The number of halogens is 1. The lowest BCUT2D eigenvalue weighted by Crippen LogP contribution is -2.30. The Hall–Kier alpha value is -4.14. The Morgan fingerprint density at radius 3 is 2.30 bits per heavy atom. The van der Waals surface area contributed by atoms with Gasteiger partial charge in [0.25, 0.3) is 11.8 Å². The van der Waals surface area contributed by atoms with Gasteiger partial charge in [-0.15, -0.1) is 11.8 Å². The van der Waals surface area contributed by atoms with Gasteiger partial charge in [-0.25, -0.2) is 0 Å². The first-order valence-corrected chi connectivity index (χ1v) is 14.3. The number of anilines is 2. The van der Waals surface area contributed by atoms with Crippen molar-refractivity contribution in [1.29, 1.82) is 0 Å². The second kappa shape index (κ2) is 13.8. The summed E-state index contributed by atoms with van der Waals surface area (Å²) in [4.78, 5) is 39.5. The third-order valence-electron chi connectivity index (χ3n) is 5.83. The van der Waals surface area contributed by atoms with Crippen LogP contribution in [0.25, 0.3) is 6.08 Å². The predicted octanol–water partition coefficient (Wildman–Crippen LogP) is 7.21. The Balaban J connectivity index is 1.44. The van der Waals surface area contributed by atoms with E-state index in [-0.39, 0.29) is 17.4 Å². The molecular weight excluding hydrogens is 586 g/mol. The molecule has 3 N–H and O–H groups in total. The van der Waals surface area contributed by atoms with Crippen LogP contribution in [0.4, 0.5) is 11.4 Å². The highest BCUT2D eigenvalue weighted by Gasteiger charge is 2.15. The zero-order valence-corrected chi connectivity index (χ0v) is 24.4. The number of aryl methyl sites for hydroxylation is 2. The molecule has 0 aliphatic rings. The van der Waals surface area contributed by atoms with Crippen LogP contribution in [0.15, 0.2) is 112 Å². The Morgan fingerprint density at radius 1 is 0.825 bits per heavy atom. The monoisotopic (exact) mass is 613 g/mol. The van der Waals surface area contributed by atoms with Crippen LogP contribution in [0.3, 0.4) is 0 Å². The second-order valence-electron chi connectivity index (χ2n) is 9.07. The molecule has 0 saturated heterocycles. The van der Waals surface area contributed by atoms with Crippen LogP contribution in [0.2, 0.25) is 0 Å². The lowest BCUT2D eigenvalue weighted by Gasteiger charge is -2.12. The van der Waals surface area contributed by atoms with Gasteiger partial charge in [0, 0.05) is 26.3 Å². The number of hydrogen-bond donors (Lipinski definition) is 3. The van der Waals surface area contributed by atoms with Gasteiger partial charge in [-0.05, 0) is 79.6 Å².